The Hall–Kier alpha value is -3.81. The molecule has 0 spiro atoms. The molecule has 0 aliphatic heterocycles. The van der Waals surface area contributed by atoms with E-state index in [0.717, 1.165) is 16.5 Å². The molecule has 1 amide bonds. The molecule has 0 fully saturated rings. The molecule has 1 aromatic carbocycles. The lowest BCUT2D eigenvalue weighted by Gasteiger charge is -2.17. The quantitative estimate of drug-likeness (QED) is 0.534. The van der Waals surface area contributed by atoms with E-state index in [1.165, 1.54) is 0 Å². The lowest BCUT2D eigenvalue weighted by Crippen LogP contribution is -2.37. The second-order valence-electron chi connectivity index (χ2n) is 6.43. The van der Waals surface area contributed by atoms with E-state index in [-0.39, 0.29) is 0 Å². The molecule has 3 heterocycles. The first-order chi connectivity index (χ1) is 13.6. The van der Waals surface area contributed by atoms with Crippen molar-refractivity contribution < 1.29 is 4.79 Å². The van der Waals surface area contributed by atoms with Gasteiger partial charge < -0.3 is 11.1 Å². The van der Waals surface area contributed by atoms with Gasteiger partial charge in [-0.25, -0.2) is 9.97 Å². The molecule has 0 unspecified atom stereocenters. The lowest BCUT2D eigenvalue weighted by atomic mass is 10.1. The summed E-state index contributed by atoms with van der Waals surface area (Å²) in [6, 6.07) is 12.7. The molecule has 0 saturated heterocycles. The van der Waals surface area contributed by atoms with Gasteiger partial charge in [0.05, 0.1) is 11.6 Å². The number of aromatic nitrogens is 5. The van der Waals surface area contributed by atoms with Gasteiger partial charge in [-0.2, -0.15) is 5.10 Å². The van der Waals surface area contributed by atoms with Crippen LogP contribution in [-0.4, -0.2) is 36.7 Å². The highest BCUT2D eigenvalue weighted by Crippen LogP contribution is 2.25. The van der Waals surface area contributed by atoms with Crippen molar-refractivity contribution in [3.63, 3.8) is 0 Å². The van der Waals surface area contributed by atoms with Gasteiger partial charge >= 0.3 is 0 Å². The Balaban J connectivity index is 1.75. The molecule has 8 heteroatoms. The number of anilines is 1. The zero-order chi connectivity index (χ0) is 19.5. The Kier molecular flexibility index (Phi) is 4.67. The van der Waals surface area contributed by atoms with Gasteiger partial charge in [0.25, 0.3) is 0 Å². The third-order valence-electron chi connectivity index (χ3n) is 4.47. The molecule has 0 aliphatic rings. The van der Waals surface area contributed by atoms with Crippen LogP contribution in [0.2, 0.25) is 0 Å². The van der Waals surface area contributed by atoms with Crippen LogP contribution in [0.25, 0.3) is 22.4 Å². The van der Waals surface area contributed by atoms with E-state index in [1.54, 1.807) is 23.3 Å². The Labute approximate surface area is 161 Å². The highest BCUT2D eigenvalue weighted by molar-refractivity contribution is 5.91. The molecular weight excluding hydrogens is 354 g/mol. The number of nitrogens with two attached hydrogens (primary N) is 1. The number of hydrogen-bond acceptors (Lipinski definition) is 6. The van der Waals surface area contributed by atoms with Crippen molar-refractivity contribution >= 4 is 22.8 Å². The molecule has 8 nitrogen and oxygen atoms in total. The van der Waals surface area contributed by atoms with Crippen LogP contribution in [0, 0.1) is 0 Å². The second kappa shape index (κ2) is 7.43. The van der Waals surface area contributed by atoms with Gasteiger partial charge in [-0.3, -0.25) is 14.5 Å². The van der Waals surface area contributed by atoms with Crippen LogP contribution in [-0.2, 0) is 18.3 Å². The first-order valence-electron chi connectivity index (χ1n) is 8.82. The third-order valence-corrected chi connectivity index (χ3v) is 4.47. The zero-order valence-electron chi connectivity index (χ0n) is 15.3. The summed E-state index contributed by atoms with van der Waals surface area (Å²) in [5.41, 5.74) is 8.14. The predicted octanol–water partition coefficient (Wildman–Crippen LogP) is 1.93. The molecule has 4 aromatic rings. The highest BCUT2D eigenvalue weighted by Gasteiger charge is 2.20. The molecule has 4 rings (SSSR count). The fourth-order valence-electron chi connectivity index (χ4n) is 3.00. The number of carbonyl (C=O) groups excluding carboxylic acids is 1. The number of amides is 1. The van der Waals surface area contributed by atoms with E-state index in [4.69, 9.17) is 5.73 Å². The van der Waals surface area contributed by atoms with Gasteiger partial charge in [0.2, 0.25) is 5.91 Å². The topological polar surface area (TPSA) is 112 Å². The Morgan fingerprint density at radius 1 is 1.14 bits per heavy atom. The summed E-state index contributed by atoms with van der Waals surface area (Å²) in [7, 11) is 1.81. The van der Waals surface area contributed by atoms with Crippen molar-refractivity contribution in [2.24, 2.45) is 12.8 Å². The molecule has 28 heavy (non-hydrogen) atoms. The molecule has 3 aromatic heterocycles. The fraction of sp³-hybridized carbons (Fsp3) is 0.150. The molecule has 0 radical (unpaired) electrons. The van der Waals surface area contributed by atoms with Crippen molar-refractivity contribution in [3.8, 4) is 11.4 Å². The molecule has 3 N–H and O–H groups in total. The van der Waals surface area contributed by atoms with E-state index < -0.39 is 11.9 Å². The number of nitrogens with zero attached hydrogens (tertiary/aromatic N) is 5. The van der Waals surface area contributed by atoms with Crippen LogP contribution in [0.1, 0.15) is 5.56 Å². The van der Waals surface area contributed by atoms with Crippen LogP contribution in [0.5, 0.6) is 0 Å². The number of nitrogens with one attached hydrogen (secondary N) is 1. The van der Waals surface area contributed by atoms with Gasteiger partial charge in [-0.05, 0) is 17.7 Å². The van der Waals surface area contributed by atoms with Gasteiger partial charge in [0.15, 0.2) is 11.5 Å². The molecule has 0 aliphatic carbocycles. The highest BCUT2D eigenvalue weighted by atomic mass is 16.1. The Morgan fingerprint density at radius 3 is 2.61 bits per heavy atom. The average molecular weight is 373 g/mol. The normalized spacial score (nSPS) is 12.0. The number of hydrogen-bond donors (Lipinski definition) is 2. The van der Waals surface area contributed by atoms with Crippen LogP contribution in [0.3, 0.4) is 0 Å². The summed E-state index contributed by atoms with van der Waals surface area (Å²) in [5, 5.41) is 8.19. The van der Waals surface area contributed by atoms with E-state index in [1.807, 2.05) is 49.5 Å². The fourth-order valence-corrected chi connectivity index (χ4v) is 3.00. The summed E-state index contributed by atoms with van der Waals surface area (Å²) in [6.45, 7) is 0. The summed E-state index contributed by atoms with van der Waals surface area (Å²) in [6.07, 6.45) is 5.49. The summed E-state index contributed by atoms with van der Waals surface area (Å²) in [4.78, 5) is 25.4. The number of carbonyl (C=O) groups is 1. The van der Waals surface area contributed by atoms with Crippen LogP contribution in [0.15, 0.2) is 61.1 Å². The number of rotatable bonds is 6. The first kappa shape index (κ1) is 17.6. The standard InChI is InChI=1S/C20H19N7O/c1-27-20-15(12-23-27)19(25-18(26-20)14-7-9-22-10-8-14)24-16(17(21)28)11-13-5-3-2-4-6-13/h2-10,12,16H,11H2,1H3,(H2,21,28)(H,24,25,26)/t16-/m0/s1. The maximum atomic E-state index is 12.1. The van der Waals surface area contributed by atoms with Crippen molar-refractivity contribution in [3.05, 3.63) is 66.6 Å². The van der Waals surface area contributed by atoms with Crippen LogP contribution in [0.4, 0.5) is 5.82 Å². The first-order valence-corrected chi connectivity index (χ1v) is 8.82. The molecular formula is C20H19N7O. The van der Waals surface area contributed by atoms with Crippen molar-refractivity contribution in [2.45, 2.75) is 12.5 Å². The monoisotopic (exact) mass is 373 g/mol. The minimum Gasteiger partial charge on any atom is -0.368 e. The maximum Gasteiger partial charge on any atom is 0.240 e. The zero-order valence-corrected chi connectivity index (χ0v) is 15.3. The van der Waals surface area contributed by atoms with Gasteiger partial charge in [0.1, 0.15) is 11.9 Å². The largest absolute Gasteiger partial charge is 0.368 e. The van der Waals surface area contributed by atoms with Gasteiger partial charge in [-0.15, -0.1) is 0 Å². The van der Waals surface area contributed by atoms with Crippen LogP contribution < -0.4 is 11.1 Å². The van der Waals surface area contributed by atoms with Gasteiger partial charge in [0, 0.05) is 31.4 Å². The number of fused-ring (bicyclic) bond motifs is 1. The molecule has 140 valence electrons. The number of benzene rings is 1. The lowest BCUT2D eigenvalue weighted by molar-refractivity contribution is -0.118. The number of aryl methyl sites for hydroxylation is 1. The predicted molar refractivity (Wildman–Crippen MR) is 106 cm³/mol. The Morgan fingerprint density at radius 2 is 1.89 bits per heavy atom. The number of pyridine rings is 1. The van der Waals surface area contributed by atoms with E-state index in [2.05, 4.69) is 25.4 Å². The van der Waals surface area contributed by atoms with Gasteiger partial charge in [-0.1, -0.05) is 30.3 Å². The van der Waals surface area contributed by atoms with E-state index in [9.17, 15) is 4.79 Å². The second-order valence-corrected chi connectivity index (χ2v) is 6.43. The number of primary amides is 1. The summed E-state index contributed by atoms with van der Waals surface area (Å²) < 4.78 is 1.67. The van der Waals surface area contributed by atoms with E-state index >= 15 is 0 Å². The van der Waals surface area contributed by atoms with Crippen molar-refractivity contribution in [2.75, 3.05) is 5.32 Å². The molecule has 1 atom stereocenters. The summed E-state index contributed by atoms with van der Waals surface area (Å²) in [5.74, 6) is 0.582. The maximum absolute atomic E-state index is 12.1. The summed E-state index contributed by atoms with van der Waals surface area (Å²) >= 11 is 0. The van der Waals surface area contributed by atoms with Crippen molar-refractivity contribution in [1.29, 1.82) is 0 Å². The average Bonchev–Trinajstić information content (AvgIpc) is 3.10. The van der Waals surface area contributed by atoms with Crippen LogP contribution >= 0.6 is 0 Å². The minimum atomic E-state index is -0.619. The Bertz CT molecular complexity index is 1110. The third kappa shape index (κ3) is 3.52. The smallest absolute Gasteiger partial charge is 0.240 e. The van der Waals surface area contributed by atoms with E-state index in [0.29, 0.717) is 23.7 Å². The SMILES string of the molecule is Cn1ncc2c(N[C@@H](Cc3ccccc3)C(N)=O)nc(-c3ccncc3)nc21. The molecule has 0 bridgehead atoms. The minimum absolute atomic E-state index is 0.451. The molecule has 0 saturated carbocycles. The van der Waals surface area contributed by atoms with Crippen molar-refractivity contribution in [1.82, 2.24) is 24.7 Å².